The fraction of sp³-hybridized carbons (Fsp3) is 0.444. The molecule has 1 aliphatic rings. The molecule has 1 aliphatic heterocycles. The Bertz CT molecular complexity index is 798. The Labute approximate surface area is 161 Å². The van der Waals surface area contributed by atoms with E-state index in [4.69, 9.17) is 4.74 Å². The molecular formula is C18H18F6N2OS. The van der Waals surface area contributed by atoms with Crippen LogP contribution in [0.15, 0.2) is 29.0 Å². The molecule has 0 spiro atoms. The first-order valence-corrected chi connectivity index (χ1v) is 9.40. The van der Waals surface area contributed by atoms with Crippen molar-refractivity contribution in [3.05, 3.63) is 51.2 Å². The zero-order valence-electron chi connectivity index (χ0n) is 14.8. The molecule has 0 aliphatic carbocycles. The number of benzene rings is 1. The van der Waals surface area contributed by atoms with Gasteiger partial charge in [-0.2, -0.15) is 37.7 Å². The van der Waals surface area contributed by atoms with Crippen molar-refractivity contribution in [3.8, 4) is 5.75 Å². The van der Waals surface area contributed by atoms with Crippen molar-refractivity contribution in [2.45, 2.75) is 18.4 Å². The summed E-state index contributed by atoms with van der Waals surface area (Å²) in [5.74, 6) is -0.420. The van der Waals surface area contributed by atoms with Gasteiger partial charge in [-0.25, -0.2) is 0 Å². The standard InChI is InChI=1S/C18H18F6N2OS/c1-27-14-9-12(17(19,20)21)8-13(18(22,23)24)15(14)16(11-2-7-28-10-11)26-5-3-25-4-6-26/h2,7-10,16,25H,3-6H2,1H3/t16-/m0/s1. The molecule has 0 bridgehead atoms. The van der Waals surface area contributed by atoms with Gasteiger partial charge in [-0.05, 0) is 34.5 Å². The van der Waals surface area contributed by atoms with Crippen LogP contribution in [0.4, 0.5) is 26.3 Å². The molecule has 2 heterocycles. The number of hydrogen-bond donors (Lipinski definition) is 1. The van der Waals surface area contributed by atoms with Crippen LogP contribution >= 0.6 is 11.3 Å². The summed E-state index contributed by atoms with van der Waals surface area (Å²) in [5, 5.41) is 6.57. The van der Waals surface area contributed by atoms with Gasteiger partial charge in [-0.15, -0.1) is 0 Å². The first kappa shape index (κ1) is 20.9. The molecule has 0 amide bonds. The highest BCUT2D eigenvalue weighted by Crippen LogP contribution is 2.47. The molecule has 10 heteroatoms. The van der Waals surface area contributed by atoms with Gasteiger partial charge >= 0.3 is 12.4 Å². The lowest BCUT2D eigenvalue weighted by molar-refractivity contribution is -0.144. The Morgan fingerprint density at radius 1 is 1.07 bits per heavy atom. The fourth-order valence-electron chi connectivity index (χ4n) is 3.41. The molecule has 0 radical (unpaired) electrons. The van der Waals surface area contributed by atoms with E-state index in [0.717, 1.165) is 7.11 Å². The number of halogens is 6. The average Bonchev–Trinajstić information content (AvgIpc) is 3.15. The number of nitrogens with zero attached hydrogens (tertiary/aromatic N) is 1. The molecule has 154 valence electrons. The monoisotopic (exact) mass is 424 g/mol. The quantitative estimate of drug-likeness (QED) is 0.715. The Balaban J connectivity index is 2.26. The van der Waals surface area contributed by atoms with Crippen molar-refractivity contribution >= 4 is 11.3 Å². The smallest absolute Gasteiger partial charge is 0.416 e. The van der Waals surface area contributed by atoms with E-state index in [2.05, 4.69) is 5.32 Å². The topological polar surface area (TPSA) is 24.5 Å². The summed E-state index contributed by atoms with van der Waals surface area (Å²) in [7, 11) is 1.08. The molecule has 2 aromatic rings. The predicted octanol–water partition coefficient (Wildman–Crippen LogP) is 4.79. The number of alkyl halides is 6. The number of ether oxygens (including phenoxy) is 1. The van der Waals surface area contributed by atoms with E-state index in [1.165, 1.54) is 11.3 Å². The van der Waals surface area contributed by atoms with Crippen LogP contribution in [0.3, 0.4) is 0 Å². The molecule has 0 unspecified atom stereocenters. The van der Waals surface area contributed by atoms with Crippen LogP contribution in [0.2, 0.25) is 0 Å². The first-order chi connectivity index (χ1) is 13.1. The number of methoxy groups -OCH3 is 1. The summed E-state index contributed by atoms with van der Waals surface area (Å²) in [5.41, 5.74) is -2.41. The summed E-state index contributed by atoms with van der Waals surface area (Å²) in [6, 6.07) is 1.66. The fourth-order valence-corrected chi connectivity index (χ4v) is 4.09. The van der Waals surface area contributed by atoms with Crippen LogP contribution in [0.5, 0.6) is 5.75 Å². The molecule has 1 saturated heterocycles. The van der Waals surface area contributed by atoms with Crippen LogP contribution in [-0.4, -0.2) is 38.2 Å². The maximum atomic E-state index is 13.9. The van der Waals surface area contributed by atoms with Crippen molar-refractivity contribution in [3.63, 3.8) is 0 Å². The number of hydrogen-bond acceptors (Lipinski definition) is 4. The molecule has 1 aromatic carbocycles. The van der Waals surface area contributed by atoms with Gasteiger partial charge in [-0.3, -0.25) is 4.90 Å². The van der Waals surface area contributed by atoms with Crippen LogP contribution in [-0.2, 0) is 12.4 Å². The normalized spacial score (nSPS) is 17.5. The van der Waals surface area contributed by atoms with Crippen LogP contribution in [0.25, 0.3) is 0 Å². The van der Waals surface area contributed by atoms with Crippen LogP contribution < -0.4 is 10.1 Å². The minimum Gasteiger partial charge on any atom is -0.496 e. The molecule has 28 heavy (non-hydrogen) atoms. The SMILES string of the molecule is COc1cc(C(F)(F)F)cc(C(F)(F)F)c1[C@H](c1ccsc1)N1CCNCC1. The number of piperazine rings is 1. The van der Waals surface area contributed by atoms with Gasteiger partial charge in [0.25, 0.3) is 0 Å². The third-order valence-corrected chi connectivity index (χ3v) is 5.35. The molecule has 1 atom stereocenters. The van der Waals surface area contributed by atoms with Crippen LogP contribution in [0, 0.1) is 0 Å². The average molecular weight is 424 g/mol. The van der Waals surface area contributed by atoms with Crippen molar-refractivity contribution < 1.29 is 31.1 Å². The highest BCUT2D eigenvalue weighted by Gasteiger charge is 2.43. The summed E-state index contributed by atoms with van der Waals surface area (Å²) in [4.78, 5) is 1.83. The van der Waals surface area contributed by atoms with Gasteiger partial charge < -0.3 is 10.1 Å². The van der Waals surface area contributed by atoms with E-state index in [1.54, 1.807) is 16.8 Å². The van der Waals surface area contributed by atoms with Crippen molar-refractivity contribution in [2.75, 3.05) is 33.3 Å². The summed E-state index contributed by atoms with van der Waals surface area (Å²) in [6.07, 6.45) is -9.88. The Morgan fingerprint density at radius 2 is 1.75 bits per heavy atom. The van der Waals surface area contributed by atoms with Gasteiger partial charge in [0.05, 0.1) is 24.3 Å². The van der Waals surface area contributed by atoms with Crippen molar-refractivity contribution in [1.82, 2.24) is 10.2 Å². The van der Waals surface area contributed by atoms with E-state index in [1.807, 2.05) is 4.90 Å². The molecule has 0 saturated carbocycles. The number of thiophene rings is 1. The molecular weight excluding hydrogens is 406 g/mol. The lowest BCUT2D eigenvalue weighted by Crippen LogP contribution is -2.45. The number of rotatable bonds is 4. The Hall–Kier alpha value is -1.78. The maximum Gasteiger partial charge on any atom is 0.416 e. The lowest BCUT2D eigenvalue weighted by Gasteiger charge is -2.37. The van der Waals surface area contributed by atoms with Gasteiger partial charge in [0.2, 0.25) is 0 Å². The van der Waals surface area contributed by atoms with E-state index in [9.17, 15) is 26.3 Å². The van der Waals surface area contributed by atoms with E-state index in [0.29, 0.717) is 37.8 Å². The zero-order valence-corrected chi connectivity index (χ0v) is 15.6. The Morgan fingerprint density at radius 3 is 2.25 bits per heavy atom. The first-order valence-electron chi connectivity index (χ1n) is 8.46. The van der Waals surface area contributed by atoms with E-state index >= 15 is 0 Å². The van der Waals surface area contributed by atoms with Gasteiger partial charge in [0.15, 0.2) is 0 Å². The minimum atomic E-state index is -4.97. The summed E-state index contributed by atoms with van der Waals surface area (Å²) in [6.45, 7) is 2.07. The predicted molar refractivity (Wildman–Crippen MR) is 93.6 cm³/mol. The van der Waals surface area contributed by atoms with Gasteiger partial charge in [0.1, 0.15) is 5.75 Å². The molecule has 3 rings (SSSR count). The van der Waals surface area contributed by atoms with Gasteiger partial charge in [-0.1, -0.05) is 0 Å². The highest BCUT2D eigenvalue weighted by atomic mass is 32.1. The third-order valence-electron chi connectivity index (χ3n) is 4.64. The molecule has 3 nitrogen and oxygen atoms in total. The Kier molecular flexibility index (Phi) is 5.92. The largest absolute Gasteiger partial charge is 0.496 e. The molecule has 1 N–H and O–H groups in total. The second kappa shape index (κ2) is 7.92. The van der Waals surface area contributed by atoms with Crippen molar-refractivity contribution in [1.29, 1.82) is 0 Å². The molecule has 1 fully saturated rings. The second-order valence-corrected chi connectivity index (χ2v) is 7.16. The maximum absolute atomic E-state index is 13.9. The number of nitrogens with one attached hydrogen (secondary N) is 1. The van der Waals surface area contributed by atoms with Crippen molar-refractivity contribution in [2.24, 2.45) is 0 Å². The highest BCUT2D eigenvalue weighted by molar-refractivity contribution is 7.08. The summed E-state index contributed by atoms with van der Waals surface area (Å²) >= 11 is 1.32. The van der Waals surface area contributed by atoms with E-state index in [-0.39, 0.29) is 11.6 Å². The zero-order chi connectivity index (χ0) is 20.5. The second-order valence-electron chi connectivity index (χ2n) is 6.38. The summed E-state index contributed by atoms with van der Waals surface area (Å²) < 4.78 is 86.2. The van der Waals surface area contributed by atoms with E-state index < -0.39 is 35.3 Å². The third kappa shape index (κ3) is 4.28. The molecule has 1 aromatic heterocycles. The van der Waals surface area contributed by atoms with Gasteiger partial charge in [0, 0.05) is 31.7 Å². The lowest BCUT2D eigenvalue weighted by atomic mass is 9.91. The minimum absolute atomic E-state index is 0.180. The van der Waals surface area contributed by atoms with Crippen LogP contribution in [0.1, 0.15) is 28.3 Å².